The summed E-state index contributed by atoms with van der Waals surface area (Å²) >= 11 is 1.72. The number of thiazole rings is 1. The monoisotopic (exact) mass is 390 g/mol. The average molecular weight is 391 g/mol. The Kier molecular flexibility index (Phi) is 5.46. The smallest absolute Gasteiger partial charge is 0.123 e. The molecule has 1 N–H and O–H groups in total. The number of rotatable bonds is 7. The summed E-state index contributed by atoms with van der Waals surface area (Å²) in [6.45, 7) is 1.85. The minimum Gasteiger partial charge on any atom is -0.369 e. The molecule has 4 nitrogen and oxygen atoms in total. The first-order valence-corrected chi connectivity index (χ1v) is 10.4. The molecule has 0 radical (unpaired) electrons. The fourth-order valence-corrected chi connectivity index (χ4v) is 4.20. The van der Waals surface area contributed by atoms with Crippen LogP contribution in [0.3, 0.4) is 0 Å². The molecule has 0 spiro atoms. The van der Waals surface area contributed by atoms with Gasteiger partial charge in [0.25, 0.3) is 0 Å². The van der Waals surface area contributed by atoms with Gasteiger partial charge in [-0.05, 0) is 56.4 Å². The van der Waals surface area contributed by atoms with Gasteiger partial charge in [0.05, 0.1) is 12.2 Å². The van der Waals surface area contributed by atoms with Crippen molar-refractivity contribution in [3.63, 3.8) is 0 Å². The van der Waals surface area contributed by atoms with E-state index in [0.29, 0.717) is 0 Å². The number of para-hydroxylation sites is 1. The molecular weight excluding hydrogens is 364 g/mol. The molecule has 0 saturated carbocycles. The van der Waals surface area contributed by atoms with Crippen LogP contribution < -0.4 is 4.90 Å². The lowest BCUT2D eigenvalue weighted by Crippen LogP contribution is -2.16. The molecule has 144 valence electrons. The number of nitrogens with zero attached hydrogens (tertiary/aromatic N) is 3. The number of likely N-dealkylation sites (N-methyl/N-ethyl adjacent to an activating group) is 1. The number of hydrogen-bond donors (Lipinski definition) is 1. The average Bonchev–Trinajstić information content (AvgIpc) is 3.33. The van der Waals surface area contributed by atoms with Crippen molar-refractivity contribution in [2.45, 2.75) is 13.0 Å². The van der Waals surface area contributed by atoms with Crippen LogP contribution in [0.15, 0.2) is 60.1 Å². The van der Waals surface area contributed by atoms with Gasteiger partial charge in [0.1, 0.15) is 5.01 Å². The first kappa shape index (κ1) is 18.7. The van der Waals surface area contributed by atoms with Gasteiger partial charge in [-0.1, -0.05) is 18.2 Å². The molecule has 0 amide bonds. The Hall–Kier alpha value is -2.63. The zero-order chi connectivity index (χ0) is 19.5. The topological polar surface area (TPSA) is 35.2 Å². The largest absolute Gasteiger partial charge is 0.369 e. The van der Waals surface area contributed by atoms with Gasteiger partial charge in [-0.25, -0.2) is 4.98 Å². The zero-order valence-corrected chi connectivity index (χ0v) is 17.5. The van der Waals surface area contributed by atoms with Crippen LogP contribution in [0.25, 0.3) is 21.5 Å². The van der Waals surface area contributed by atoms with E-state index in [4.69, 9.17) is 4.98 Å². The minimum atomic E-state index is 0.807. The van der Waals surface area contributed by atoms with E-state index in [1.54, 1.807) is 11.3 Å². The number of aromatic amines is 1. The van der Waals surface area contributed by atoms with Crippen LogP contribution in [-0.4, -0.2) is 42.6 Å². The van der Waals surface area contributed by atoms with Crippen LogP contribution in [0.4, 0.5) is 5.69 Å². The fourth-order valence-electron chi connectivity index (χ4n) is 3.39. The minimum absolute atomic E-state index is 0.807. The molecule has 2 heterocycles. The Morgan fingerprint density at radius 2 is 1.86 bits per heavy atom. The van der Waals surface area contributed by atoms with Crippen molar-refractivity contribution < 1.29 is 0 Å². The van der Waals surface area contributed by atoms with Crippen LogP contribution in [0.5, 0.6) is 0 Å². The second-order valence-corrected chi connectivity index (χ2v) is 8.32. The van der Waals surface area contributed by atoms with E-state index in [1.165, 1.54) is 27.7 Å². The van der Waals surface area contributed by atoms with Crippen LogP contribution in [0, 0.1) is 0 Å². The van der Waals surface area contributed by atoms with Crippen molar-refractivity contribution in [2.24, 2.45) is 0 Å². The predicted octanol–water partition coefficient (Wildman–Crippen LogP) is 5.03. The maximum absolute atomic E-state index is 4.90. The molecule has 0 fully saturated rings. The molecule has 0 aliphatic rings. The van der Waals surface area contributed by atoms with E-state index >= 15 is 0 Å². The summed E-state index contributed by atoms with van der Waals surface area (Å²) in [5.74, 6) is 0. The van der Waals surface area contributed by atoms with E-state index in [2.05, 4.69) is 90.0 Å². The maximum Gasteiger partial charge on any atom is 0.123 e. The Morgan fingerprint density at radius 1 is 1.04 bits per heavy atom. The fraction of sp³-hybridized carbons (Fsp3) is 0.261. The molecule has 0 unspecified atom stereocenters. The Balaban J connectivity index is 1.54. The summed E-state index contributed by atoms with van der Waals surface area (Å²) < 4.78 is 0. The summed E-state index contributed by atoms with van der Waals surface area (Å²) in [6.07, 6.45) is 3.18. The highest BCUT2D eigenvalue weighted by Gasteiger charge is 2.10. The third kappa shape index (κ3) is 4.11. The lowest BCUT2D eigenvalue weighted by atomic mass is 10.1. The highest BCUT2D eigenvalue weighted by atomic mass is 32.1. The van der Waals surface area contributed by atoms with Crippen LogP contribution >= 0.6 is 11.3 Å². The summed E-state index contributed by atoms with van der Waals surface area (Å²) in [5, 5.41) is 4.55. The molecule has 0 atom stereocenters. The van der Waals surface area contributed by atoms with Gasteiger partial charge in [0, 0.05) is 47.3 Å². The maximum atomic E-state index is 4.90. The van der Waals surface area contributed by atoms with Crippen molar-refractivity contribution in [3.8, 4) is 10.6 Å². The van der Waals surface area contributed by atoms with Gasteiger partial charge in [0.15, 0.2) is 0 Å². The number of anilines is 1. The Labute approximate surface area is 170 Å². The Bertz CT molecular complexity index is 1050. The zero-order valence-electron chi connectivity index (χ0n) is 16.6. The van der Waals surface area contributed by atoms with Gasteiger partial charge in [-0.2, -0.15) is 0 Å². The van der Waals surface area contributed by atoms with Crippen LogP contribution in [-0.2, 0) is 13.0 Å². The summed E-state index contributed by atoms with van der Waals surface area (Å²) in [7, 11) is 6.34. The molecule has 0 bridgehead atoms. The van der Waals surface area contributed by atoms with Gasteiger partial charge >= 0.3 is 0 Å². The summed E-state index contributed by atoms with van der Waals surface area (Å²) in [4.78, 5) is 12.7. The molecule has 4 rings (SSSR count). The van der Waals surface area contributed by atoms with E-state index < -0.39 is 0 Å². The van der Waals surface area contributed by atoms with E-state index in [-0.39, 0.29) is 0 Å². The molecule has 2 aromatic heterocycles. The lowest BCUT2D eigenvalue weighted by molar-refractivity contribution is 0.414. The first-order valence-electron chi connectivity index (χ1n) is 9.56. The highest BCUT2D eigenvalue weighted by molar-refractivity contribution is 7.13. The number of benzene rings is 2. The number of aromatic nitrogens is 2. The van der Waals surface area contributed by atoms with E-state index in [0.717, 1.165) is 30.2 Å². The van der Waals surface area contributed by atoms with Gasteiger partial charge in [-0.3, -0.25) is 0 Å². The van der Waals surface area contributed by atoms with Crippen molar-refractivity contribution in [2.75, 3.05) is 32.6 Å². The van der Waals surface area contributed by atoms with Gasteiger partial charge in [-0.15, -0.1) is 11.3 Å². The van der Waals surface area contributed by atoms with Crippen LogP contribution in [0.1, 0.15) is 11.3 Å². The number of fused-ring (bicyclic) bond motifs is 1. The molecule has 0 aliphatic carbocycles. The molecule has 0 saturated heterocycles. The van der Waals surface area contributed by atoms with Crippen molar-refractivity contribution in [1.29, 1.82) is 0 Å². The van der Waals surface area contributed by atoms with Gasteiger partial charge in [0.2, 0.25) is 0 Å². The number of H-pyrrole nitrogens is 1. The predicted molar refractivity (Wildman–Crippen MR) is 120 cm³/mol. The quantitative estimate of drug-likeness (QED) is 0.481. The van der Waals surface area contributed by atoms with E-state index in [1.807, 2.05) is 6.07 Å². The van der Waals surface area contributed by atoms with Crippen molar-refractivity contribution >= 4 is 27.9 Å². The standard InChI is InChI=1S/C23H26N4S/c1-26(2)12-11-18-14-24-22-10-9-17(13-21(18)22)23-25-19(16-28-23)15-27(3)20-7-5-4-6-8-20/h4-10,13-14,16,24H,11-12,15H2,1-3H3. The summed E-state index contributed by atoms with van der Waals surface area (Å²) in [6, 6.07) is 17.0. The second kappa shape index (κ2) is 8.17. The third-order valence-electron chi connectivity index (χ3n) is 4.99. The van der Waals surface area contributed by atoms with E-state index in [9.17, 15) is 0 Å². The molecule has 5 heteroatoms. The molecule has 4 aromatic rings. The number of hydrogen-bond acceptors (Lipinski definition) is 4. The normalized spacial score (nSPS) is 11.4. The second-order valence-electron chi connectivity index (χ2n) is 7.46. The Morgan fingerprint density at radius 3 is 2.64 bits per heavy atom. The highest BCUT2D eigenvalue weighted by Crippen LogP contribution is 2.29. The SMILES string of the molecule is CN(C)CCc1c[nH]c2ccc(-c3nc(CN(C)c4ccccc4)cs3)cc12. The van der Waals surface area contributed by atoms with Crippen molar-refractivity contribution in [3.05, 3.63) is 71.4 Å². The summed E-state index contributed by atoms with van der Waals surface area (Å²) in [5.41, 5.74) is 6.06. The molecule has 2 aromatic carbocycles. The molecular formula is C23H26N4S. The lowest BCUT2D eigenvalue weighted by Gasteiger charge is -2.17. The first-order chi connectivity index (χ1) is 13.6. The van der Waals surface area contributed by atoms with Crippen molar-refractivity contribution in [1.82, 2.24) is 14.9 Å². The van der Waals surface area contributed by atoms with Gasteiger partial charge < -0.3 is 14.8 Å². The molecule has 28 heavy (non-hydrogen) atoms. The third-order valence-corrected chi connectivity index (χ3v) is 5.93. The van der Waals surface area contributed by atoms with Crippen LogP contribution in [0.2, 0.25) is 0 Å². The molecule has 0 aliphatic heterocycles. The number of nitrogens with one attached hydrogen (secondary N) is 1.